The second kappa shape index (κ2) is 7.17. The lowest BCUT2D eigenvalue weighted by atomic mass is 10.1. The number of rotatable bonds is 4. The van der Waals surface area contributed by atoms with E-state index < -0.39 is 5.97 Å². The van der Waals surface area contributed by atoms with Crippen LogP contribution in [0.3, 0.4) is 0 Å². The molecule has 0 atom stereocenters. The summed E-state index contributed by atoms with van der Waals surface area (Å²) in [5.41, 5.74) is 2.94. The van der Waals surface area contributed by atoms with Gasteiger partial charge >= 0.3 is 5.97 Å². The SMILES string of the molecule is Cc1cccc(C)c1NC(=O)COC(=O)c1cncc(Br)c1. The van der Waals surface area contributed by atoms with Crippen LogP contribution in [0.5, 0.6) is 0 Å². The lowest BCUT2D eigenvalue weighted by molar-refractivity contribution is -0.119. The average Bonchev–Trinajstić information content (AvgIpc) is 2.48. The third kappa shape index (κ3) is 4.14. The van der Waals surface area contributed by atoms with Crippen LogP contribution in [0, 0.1) is 13.8 Å². The predicted molar refractivity (Wildman–Crippen MR) is 86.8 cm³/mol. The molecule has 2 aromatic rings. The highest BCUT2D eigenvalue weighted by Crippen LogP contribution is 2.19. The van der Waals surface area contributed by atoms with Gasteiger partial charge in [0.1, 0.15) is 0 Å². The maximum absolute atomic E-state index is 11.9. The van der Waals surface area contributed by atoms with Gasteiger partial charge in [0.15, 0.2) is 6.61 Å². The van der Waals surface area contributed by atoms with E-state index in [1.54, 1.807) is 12.3 Å². The Labute approximate surface area is 136 Å². The number of aromatic nitrogens is 1. The van der Waals surface area contributed by atoms with Gasteiger partial charge in [-0.2, -0.15) is 0 Å². The molecule has 0 saturated heterocycles. The standard InChI is InChI=1S/C16H15BrN2O3/c1-10-4-3-5-11(2)15(10)19-14(20)9-22-16(21)12-6-13(17)8-18-7-12/h3-8H,9H2,1-2H3,(H,19,20). The fraction of sp³-hybridized carbons (Fsp3) is 0.188. The molecule has 0 aliphatic rings. The van der Waals surface area contributed by atoms with Crippen LogP contribution in [0.15, 0.2) is 41.1 Å². The van der Waals surface area contributed by atoms with Crippen molar-refractivity contribution in [3.05, 3.63) is 57.8 Å². The number of nitrogens with zero attached hydrogens (tertiary/aromatic N) is 1. The van der Waals surface area contributed by atoms with Crippen molar-refractivity contribution in [1.29, 1.82) is 0 Å². The number of carbonyl (C=O) groups is 2. The van der Waals surface area contributed by atoms with Crippen LogP contribution in [0.25, 0.3) is 0 Å². The van der Waals surface area contributed by atoms with E-state index in [0.717, 1.165) is 16.8 Å². The first-order valence-corrected chi connectivity index (χ1v) is 7.40. The highest BCUT2D eigenvalue weighted by molar-refractivity contribution is 9.10. The Morgan fingerprint density at radius 1 is 1.23 bits per heavy atom. The van der Waals surface area contributed by atoms with Crippen molar-refractivity contribution in [3.63, 3.8) is 0 Å². The molecule has 1 amide bonds. The first-order chi connectivity index (χ1) is 10.5. The Hall–Kier alpha value is -2.21. The molecule has 114 valence electrons. The zero-order chi connectivity index (χ0) is 16.1. The zero-order valence-corrected chi connectivity index (χ0v) is 13.8. The van der Waals surface area contributed by atoms with Gasteiger partial charge in [-0.25, -0.2) is 4.79 Å². The molecular weight excluding hydrogens is 348 g/mol. The molecule has 1 aromatic heterocycles. The van der Waals surface area contributed by atoms with Crippen molar-refractivity contribution in [1.82, 2.24) is 4.98 Å². The molecule has 1 heterocycles. The quantitative estimate of drug-likeness (QED) is 0.847. The molecule has 5 nitrogen and oxygen atoms in total. The number of esters is 1. The number of benzene rings is 1. The number of ether oxygens (including phenoxy) is 1. The molecule has 6 heteroatoms. The van der Waals surface area contributed by atoms with Gasteiger partial charge in [0, 0.05) is 22.6 Å². The van der Waals surface area contributed by atoms with Crippen LogP contribution < -0.4 is 5.32 Å². The Morgan fingerprint density at radius 2 is 1.91 bits per heavy atom. The average molecular weight is 363 g/mol. The molecule has 1 N–H and O–H groups in total. The van der Waals surface area contributed by atoms with Gasteiger partial charge in [0.25, 0.3) is 5.91 Å². The molecule has 0 radical (unpaired) electrons. The van der Waals surface area contributed by atoms with Crippen molar-refractivity contribution in [2.45, 2.75) is 13.8 Å². The zero-order valence-electron chi connectivity index (χ0n) is 12.2. The molecule has 1 aromatic carbocycles. The summed E-state index contributed by atoms with van der Waals surface area (Å²) in [6.07, 6.45) is 2.95. The van der Waals surface area contributed by atoms with Crippen molar-refractivity contribution in [3.8, 4) is 0 Å². The molecule has 0 spiro atoms. The first-order valence-electron chi connectivity index (χ1n) is 6.61. The number of amides is 1. The molecule has 2 rings (SSSR count). The number of para-hydroxylation sites is 1. The van der Waals surface area contributed by atoms with Crippen molar-refractivity contribution in [2.24, 2.45) is 0 Å². The van der Waals surface area contributed by atoms with Crippen LogP contribution in [0.4, 0.5) is 5.69 Å². The fourth-order valence-electron chi connectivity index (χ4n) is 1.93. The van der Waals surface area contributed by atoms with E-state index in [0.29, 0.717) is 4.47 Å². The summed E-state index contributed by atoms with van der Waals surface area (Å²) in [4.78, 5) is 27.6. The van der Waals surface area contributed by atoms with Crippen molar-refractivity contribution < 1.29 is 14.3 Å². The highest BCUT2D eigenvalue weighted by atomic mass is 79.9. The van der Waals surface area contributed by atoms with Gasteiger partial charge < -0.3 is 10.1 Å². The molecule has 0 aliphatic carbocycles. The number of anilines is 1. The summed E-state index contributed by atoms with van der Waals surface area (Å²) in [5.74, 6) is -0.973. The van der Waals surface area contributed by atoms with E-state index >= 15 is 0 Å². The monoisotopic (exact) mass is 362 g/mol. The Balaban J connectivity index is 1.94. The van der Waals surface area contributed by atoms with Gasteiger partial charge in [-0.15, -0.1) is 0 Å². The van der Waals surface area contributed by atoms with Gasteiger partial charge in [0.05, 0.1) is 5.56 Å². The minimum absolute atomic E-state index is 0.286. The second-order valence-corrected chi connectivity index (χ2v) is 5.70. The minimum Gasteiger partial charge on any atom is -0.452 e. The van der Waals surface area contributed by atoms with Gasteiger partial charge in [-0.3, -0.25) is 9.78 Å². The predicted octanol–water partition coefficient (Wildman–Crippen LogP) is 3.26. The largest absolute Gasteiger partial charge is 0.452 e. The van der Waals surface area contributed by atoms with E-state index in [9.17, 15) is 9.59 Å². The summed E-state index contributed by atoms with van der Waals surface area (Å²) >= 11 is 3.22. The van der Waals surface area contributed by atoms with Crippen LogP contribution in [-0.4, -0.2) is 23.5 Å². The highest BCUT2D eigenvalue weighted by Gasteiger charge is 2.12. The number of pyridine rings is 1. The third-order valence-electron chi connectivity index (χ3n) is 3.02. The van der Waals surface area contributed by atoms with Gasteiger partial charge in [0.2, 0.25) is 0 Å². The maximum atomic E-state index is 11.9. The fourth-order valence-corrected chi connectivity index (χ4v) is 2.29. The van der Waals surface area contributed by atoms with E-state index in [4.69, 9.17) is 4.74 Å². The number of hydrogen-bond donors (Lipinski definition) is 1. The van der Waals surface area contributed by atoms with Crippen molar-refractivity contribution in [2.75, 3.05) is 11.9 Å². The molecule has 0 saturated carbocycles. The van der Waals surface area contributed by atoms with Crippen LogP contribution in [0.2, 0.25) is 0 Å². The topological polar surface area (TPSA) is 68.3 Å². The van der Waals surface area contributed by atoms with Gasteiger partial charge in [-0.05, 0) is 47.0 Å². The van der Waals surface area contributed by atoms with Crippen LogP contribution in [-0.2, 0) is 9.53 Å². The molecule has 0 bridgehead atoms. The molecule has 0 fully saturated rings. The lowest BCUT2D eigenvalue weighted by Crippen LogP contribution is -2.21. The third-order valence-corrected chi connectivity index (χ3v) is 3.45. The second-order valence-electron chi connectivity index (χ2n) is 4.78. The van der Waals surface area contributed by atoms with Crippen LogP contribution in [0.1, 0.15) is 21.5 Å². The Bertz CT molecular complexity index is 696. The number of nitrogens with one attached hydrogen (secondary N) is 1. The Kier molecular flexibility index (Phi) is 5.27. The van der Waals surface area contributed by atoms with Crippen molar-refractivity contribution >= 4 is 33.5 Å². The molecular formula is C16H15BrN2O3. The molecule has 0 unspecified atom stereocenters. The Morgan fingerprint density at radius 3 is 2.55 bits per heavy atom. The summed E-state index contributed by atoms with van der Waals surface area (Å²) < 4.78 is 5.65. The lowest BCUT2D eigenvalue weighted by Gasteiger charge is -2.11. The van der Waals surface area contributed by atoms with E-state index in [-0.39, 0.29) is 18.1 Å². The van der Waals surface area contributed by atoms with Crippen LogP contribution >= 0.6 is 15.9 Å². The normalized spacial score (nSPS) is 10.1. The maximum Gasteiger partial charge on any atom is 0.340 e. The molecule has 22 heavy (non-hydrogen) atoms. The van der Waals surface area contributed by atoms with Gasteiger partial charge in [-0.1, -0.05) is 18.2 Å². The first kappa shape index (κ1) is 16.2. The summed E-state index contributed by atoms with van der Waals surface area (Å²) in [6.45, 7) is 3.46. The van der Waals surface area contributed by atoms with E-state index in [1.807, 2.05) is 32.0 Å². The molecule has 0 aliphatic heterocycles. The number of aryl methyl sites for hydroxylation is 2. The number of hydrogen-bond acceptors (Lipinski definition) is 4. The summed E-state index contributed by atoms with van der Waals surface area (Å²) in [7, 11) is 0. The van der Waals surface area contributed by atoms with E-state index in [1.165, 1.54) is 6.20 Å². The number of halogens is 1. The smallest absolute Gasteiger partial charge is 0.340 e. The summed E-state index contributed by atoms with van der Waals surface area (Å²) in [6, 6.07) is 7.31. The summed E-state index contributed by atoms with van der Waals surface area (Å²) in [5, 5.41) is 2.76. The number of carbonyl (C=O) groups excluding carboxylic acids is 2. The minimum atomic E-state index is -0.592. The van der Waals surface area contributed by atoms with E-state index in [2.05, 4.69) is 26.2 Å².